The third-order valence-corrected chi connectivity index (χ3v) is 4.62. The van der Waals surface area contributed by atoms with Crippen LogP contribution in [-0.4, -0.2) is 33.5 Å². The van der Waals surface area contributed by atoms with Gasteiger partial charge in [0, 0.05) is 12.3 Å². The van der Waals surface area contributed by atoms with Crippen molar-refractivity contribution in [3.05, 3.63) is 0 Å². The summed E-state index contributed by atoms with van der Waals surface area (Å²) in [5, 5.41) is 3.15. The summed E-state index contributed by atoms with van der Waals surface area (Å²) < 4.78 is 22.9. The highest BCUT2D eigenvalue weighted by molar-refractivity contribution is 7.91. The minimum Gasteiger partial charge on any atom is -0.319 e. The maximum atomic E-state index is 11.4. The Kier molecular flexibility index (Phi) is 6.44. The van der Waals surface area contributed by atoms with Gasteiger partial charge in [0.1, 0.15) is 9.84 Å². The van der Waals surface area contributed by atoms with Gasteiger partial charge in [0.05, 0.1) is 5.75 Å². The zero-order valence-electron chi connectivity index (χ0n) is 10.5. The van der Waals surface area contributed by atoms with Gasteiger partial charge in [-0.15, -0.1) is 0 Å². The van der Waals surface area contributed by atoms with E-state index in [1.54, 1.807) is 6.92 Å². The van der Waals surface area contributed by atoms with Crippen LogP contribution in [0.3, 0.4) is 0 Å². The van der Waals surface area contributed by atoms with Gasteiger partial charge < -0.3 is 5.32 Å². The predicted octanol–water partition coefficient (Wildman–Crippen LogP) is 1.84. The third-order valence-electron chi connectivity index (χ3n) is 2.91. The lowest BCUT2D eigenvalue weighted by Crippen LogP contribution is -2.32. The van der Waals surface area contributed by atoms with Crippen LogP contribution in [-0.2, 0) is 9.84 Å². The fraction of sp³-hybridized carbons (Fsp3) is 1.00. The van der Waals surface area contributed by atoms with Gasteiger partial charge in [-0.1, -0.05) is 27.2 Å². The molecule has 0 aromatic rings. The first-order chi connectivity index (χ1) is 6.89. The third kappa shape index (κ3) is 6.15. The Bertz CT molecular complexity index is 254. The number of hydrogen-bond acceptors (Lipinski definition) is 3. The molecule has 15 heavy (non-hydrogen) atoms. The van der Waals surface area contributed by atoms with E-state index in [1.807, 2.05) is 7.05 Å². The monoisotopic (exact) mass is 235 g/mol. The first-order valence-corrected chi connectivity index (χ1v) is 7.56. The second-order valence-corrected chi connectivity index (χ2v) is 7.05. The Morgan fingerprint density at radius 3 is 2.20 bits per heavy atom. The molecule has 0 spiro atoms. The van der Waals surface area contributed by atoms with E-state index in [4.69, 9.17) is 0 Å². The molecule has 1 N–H and O–H groups in total. The number of hydrogen-bond donors (Lipinski definition) is 1. The highest BCUT2D eigenvalue weighted by Gasteiger charge is 2.24. The molecule has 3 nitrogen and oxygen atoms in total. The summed E-state index contributed by atoms with van der Waals surface area (Å²) in [7, 11) is -0.898. The molecule has 0 aliphatic rings. The lowest BCUT2D eigenvalue weighted by Gasteiger charge is -2.28. The molecule has 0 aliphatic heterocycles. The lowest BCUT2D eigenvalue weighted by molar-refractivity contribution is 0.275. The average molecular weight is 235 g/mol. The standard InChI is InChI=1S/C11H25NO2S/c1-5-7-11(3,10-12-4)8-9-15(13,14)6-2/h12H,5-10H2,1-4H3. The van der Waals surface area contributed by atoms with Crippen LogP contribution in [0.2, 0.25) is 0 Å². The summed E-state index contributed by atoms with van der Waals surface area (Å²) in [5.41, 5.74) is 0.117. The molecule has 92 valence electrons. The van der Waals surface area contributed by atoms with Crippen LogP contribution in [0.1, 0.15) is 40.0 Å². The van der Waals surface area contributed by atoms with Crippen molar-refractivity contribution < 1.29 is 8.42 Å². The zero-order chi connectivity index (χ0) is 11.9. The Hall–Kier alpha value is -0.0900. The number of nitrogens with one attached hydrogen (secondary N) is 1. The fourth-order valence-electron chi connectivity index (χ4n) is 1.88. The number of sulfone groups is 1. The second-order valence-electron chi connectivity index (χ2n) is 4.58. The van der Waals surface area contributed by atoms with E-state index in [0.29, 0.717) is 5.75 Å². The molecule has 0 aliphatic carbocycles. The minimum absolute atomic E-state index is 0.117. The largest absolute Gasteiger partial charge is 0.319 e. The first-order valence-electron chi connectivity index (χ1n) is 5.74. The Labute approximate surface area is 94.6 Å². The van der Waals surface area contributed by atoms with Crippen molar-refractivity contribution in [2.24, 2.45) is 5.41 Å². The summed E-state index contributed by atoms with van der Waals surface area (Å²) in [6.07, 6.45) is 2.94. The molecule has 1 unspecified atom stereocenters. The van der Waals surface area contributed by atoms with E-state index < -0.39 is 9.84 Å². The fourth-order valence-corrected chi connectivity index (χ4v) is 2.97. The highest BCUT2D eigenvalue weighted by atomic mass is 32.2. The summed E-state index contributed by atoms with van der Waals surface area (Å²) in [5.74, 6) is 0.580. The predicted molar refractivity (Wildman–Crippen MR) is 65.9 cm³/mol. The van der Waals surface area contributed by atoms with Crippen LogP contribution >= 0.6 is 0 Å². The van der Waals surface area contributed by atoms with Crippen molar-refractivity contribution in [2.75, 3.05) is 25.1 Å². The molecule has 0 radical (unpaired) electrons. The van der Waals surface area contributed by atoms with Crippen LogP contribution in [0, 0.1) is 5.41 Å². The van der Waals surface area contributed by atoms with Crippen molar-refractivity contribution in [2.45, 2.75) is 40.0 Å². The molecule has 0 aromatic heterocycles. The van der Waals surface area contributed by atoms with Gasteiger partial charge in [0.15, 0.2) is 0 Å². The summed E-state index contributed by atoms with van der Waals surface area (Å²) in [6.45, 7) is 6.91. The van der Waals surface area contributed by atoms with Gasteiger partial charge in [-0.3, -0.25) is 0 Å². The lowest BCUT2D eigenvalue weighted by atomic mass is 9.83. The minimum atomic E-state index is -2.82. The van der Waals surface area contributed by atoms with Crippen LogP contribution in [0.25, 0.3) is 0 Å². The maximum Gasteiger partial charge on any atom is 0.150 e. The van der Waals surface area contributed by atoms with Crippen molar-refractivity contribution in [1.29, 1.82) is 0 Å². The van der Waals surface area contributed by atoms with Gasteiger partial charge in [-0.25, -0.2) is 8.42 Å². The average Bonchev–Trinajstić information content (AvgIpc) is 2.16. The second kappa shape index (κ2) is 6.48. The van der Waals surface area contributed by atoms with Crippen LogP contribution in [0.15, 0.2) is 0 Å². The quantitative estimate of drug-likeness (QED) is 0.698. The smallest absolute Gasteiger partial charge is 0.150 e. The van der Waals surface area contributed by atoms with E-state index in [9.17, 15) is 8.42 Å². The van der Waals surface area contributed by atoms with Gasteiger partial charge in [0.2, 0.25) is 0 Å². The summed E-state index contributed by atoms with van der Waals surface area (Å²) >= 11 is 0. The molecular weight excluding hydrogens is 210 g/mol. The molecule has 0 heterocycles. The van der Waals surface area contributed by atoms with Gasteiger partial charge in [0.25, 0.3) is 0 Å². The van der Waals surface area contributed by atoms with Crippen LogP contribution < -0.4 is 5.32 Å². The zero-order valence-corrected chi connectivity index (χ0v) is 11.3. The number of rotatable bonds is 8. The molecule has 0 amide bonds. The van der Waals surface area contributed by atoms with E-state index >= 15 is 0 Å². The molecule has 0 aromatic carbocycles. The van der Waals surface area contributed by atoms with Crippen molar-refractivity contribution in [3.63, 3.8) is 0 Å². The molecule has 0 saturated heterocycles. The molecule has 0 rings (SSSR count). The van der Waals surface area contributed by atoms with E-state index in [0.717, 1.165) is 25.8 Å². The molecule has 4 heteroatoms. The topological polar surface area (TPSA) is 46.2 Å². The van der Waals surface area contributed by atoms with E-state index in [-0.39, 0.29) is 11.2 Å². The normalized spacial score (nSPS) is 16.3. The van der Waals surface area contributed by atoms with E-state index in [1.165, 1.54) is 0 Å². The Morgan fingerprint density at radius 1 is 1.20 bits per heavy atom. The summed E-state index contributed by atoms with van der Waals surface area (Å²) in [4.78, 5) is 0. The van der Waals surface area contributed by atoms with Crippen molar-refractivity contribution >= 4 is 9.84 Å². The van der Waals surface area contributed by atoms with Crippen LogP contribution in [0.4, 0.5) is 0 Å². The summed E-state index contributed by atoms with van der Waals surface area (Å²) in [6, 6.07) is 0. The van der Waals surface area contributed by atoms with Gasteiger partial charge in [-0.05, 0) is 25.3 Å². The van der Waals surface area contributed by atoms with Crippen LogP contribution in [0.5, 0.6) is 0 Å². The molecule has 0 bridgehead atoms. The molecule has 0 saturated carbocycles. The molecule has 1 atom stereocenters. The molecule has 0 fully saturated rings. The van der Waals surface area contributed by atoms with Crippen molar-refractivity contribution in [1.82, 2.24) is 5.32 Å². The van der Waals surface area contributed by atoms with E-state index in [2.05, 4.69) is 19.2 Å². The van der Waals surface area contributed by atoms with Crippen molar-refractivity contribution in [3.8, 4) is 0 Å². The SMILES string of the molecule is CCCC(C)(CCS(=O)(=O)CC)CNC. The Morgan fingerprint density at radius 2 is 1.80 bits per heavy atom. The van der Waals surface area contributed by atoms with Gasteiger partial charge >= 0.3 is 0 Å². The Balaban J connectivity index is 4.30. The highest BCUT2D eigenvalue weighted by Crippen LogP contribution is 2.27. The maximum absolute atomic E-state index is 11.4. The molecular formula is C11H25NO2S. The van der Waals surface area contributed by atoms with Gasteiger partial charge in [-0.2, -0.15) is 0 Å². The first kappa shape index (κ1) is 14.9.